The lowest BCUT2D eigenvalue weighted by molar-refractivity contribution is 0.232. The molecule has 0 radical (unpaired) electrons. The van der Waals surface area contributed by atoms with Crippen LogP contribution >= 0.6 is 11.3 Å². The van der Waals surface area contributed by atoms with Crippen LogP contribution in [0.2, 0.25) is 0 Å². The SMILES string of the molecule is CCCCC(CC)(CNCC)Cc1cncs1. The highest BCUT2D eigenvalue weighted by Gasteiger charge is 2.27. The average Bonchev–Trinajstić information content (AvgIpc) is 2.85. The van der Waals surface area contributed by atoms with Crippen molar-refractivity contribution in [3.05, 3.63) is 16.6 Å². The van der Waals surface area contributed by atoms with Crippen LogP contribution in [0.5, 0.6) is 0 Å². The summed E-state index contributed by atoms with van der Waals surface area (Å²) < 4.78 is 0. The van der Waals surface area contributed by atoms with Gasteiger partial charge in [0.1, 0.15) is 0 Å². The normalized spacial score (nSPS) is 14.8. The summed E-state index contributed by atoms with van der Waals surface area (Å²) in [5.41, 5.74) is 2.38. The van der Waals surface area contributed by atoms with Crippen LogP contribution in [0.1, 0.15) is 51.3 Å². The smallest absolute Gasteiger partial charge is 0.0794 e. The Labute approximate surface area is 110 Å². The van der Waals surface area contributed by atoms with Gasteiger partial charge in [-0.05, 0) is 31.2 Å². The van der Waals surface area contributed by atoms with Crippen molar-refractivity contribution in [3.8, 4) is 0 Å². The Morgan fingerprint density at radius 2 is 2.18 bits per heavy atom. The molecule has 0 saturated carbocycles. The first-order valence-electron chi connectivity index (χ1n) is 6.84. The fourth-order valence-corrected chi connectivity index (χ4v) is 3.08. The van der Waals surface area contributed by atoms with Crippen LogP contribution in [-0.4, -0.2) is 18.1 Å². The highest BCUT2D eigenvalue weighted by atomic mass is 32.1. The van der Waals surface area contributed by atoms with E-state index in [4.69, 9.17) is 0 Å². The number of unbranched alkanes of at least 4 members (excludes halogenated alkanes) is 1. The van der Waals surface area contributed by atoms with Gasteiger partial charge >= 0.3 is 0 Å². The molecule has 1 unspecified atom stereocenters. The fourth-order valence-electron chi connectivity index (χ4n) is 2.31. The van der Waals surface area contributed by atoms with E-state index in [-0.39, 0.29) is 0 Å². The van der Waals surface area contributed by atoms with Crippen molar-refractivity contribution in [2.45, 2.75) is 52.9 Å². The molecule has 0 spiro atoms. The van der Waals surface area contributed by atoms with Gasteiger partial charge in [-0.2, -0.15) is 0 Å². The van der Waals surface area contributed by atoms with Crippen LogP contribution in [0.15, 0.2) is 11.7 Å². The number of thiazole rings is 1. The van der Waals surface area contributed by atoms with E-state index in [1.807, 2.05) is 11.7 Å². The van der Waals surface area contributed by atoms with Crippen LogP contribution in [0.4, 0.5) is 0 Å². The number of aromatic nitrogens is 1. The van der Waals surface area contributed by atoms with E-state index >= 15 is 0 Å². The maximum Gasteiger partial charge on any atom is 0.0794 e. The molecule has 17 heavy (non-hydrogen) atoms. The minimum Gasteiger partial charge on any atom is -0.316 e. The molecule has 0 fully saturated rings. The highest BCUT2D eigenvalue weighted by molar-refractivity contribution is 7.09. The Kier molecular flexibility index (Phi) is 6.75. The highest BCUT2D eigenvalue weighted by Crippen LogP contribution is 2.33. The number of nitrogens with one attached hydrogen (secondary N) is 1. The van der Waals surface area contributed by atoms with E-state index in [0.717, 1.165) is 13.1 Å². The Morgan fingerprint density at radius 3 is 2.71 bits per heavy atom. The third-order valence-electron chi connectivity index (χ3n) is 3.59. The topological polar surface area (TPSA) is 24.9 Å². The molecule has 3 heteroatoms. The lowest BCUT2D eigenvalue weighted by Crippen LogP contribution is -2.35. The van der Waals surface area contributed by atoms with Gasteiger partial charge in [0.05, 0.1) is 5.51 Å². The number of hydrogen-bond acceptors (Lipinski definition) is 3. The van der Waals surface area contributed by atoms with E-state index in [1.165, 1.54) is 37.0 Å². The van der Waals surface area contributed by atoms with Crippen LogP contribution in [0.25, 0.3) is 0 Å². The molecule has 0 aromatic carbocycles. The van der Waals surface area contributed by atoms with E-state index in [1.54, 1.807) is 11.3 Å². The molecule has 2 nitrogen and oxygen atoms in total. The maximum absolute atomic E-state index is 4.20. The summed E-state index contributed by atoms with van der Waals surface area (Å²) >= 11 is 1.79. The maximum atomic E-state index is 4.20. The molecule has 1 rings (SSSR count). The van der Waals surface area contributed by atoms with Gasteiger partial charge in [0.25, 0.3) is 0 Å². The van der Waals surface area contributed by atoms with Gasteiger partial charge in [0.2, 0.25) is 0 Å². The number of hydrogen-bond donors (Lipinski definition) is 1. The van der Waals surface area contributed by atoms with E-state index in [0.29, 0.717) is 5.41 Å². The molecular weight excluding hydrogens is 228 g/mol. The molecule has 0 aliphatic carbocycles. The Hall–Kier alpha value is -0.410. The van der Waals surface area contributed by atoms with Crippen molar-refractivity contribution in [1.29, 1.82) is 0 Å². The molecule has 1 aromatic heterocycles. The summed E-state index contributed by atoms with van der Waals surface area (Å²) in [6.07, 6.45) is 8.41. The standard InChI is InChI=1S/C14H26N2S/c1-4-7-8-14(5-2,11-15-6-3)9-13-10-16-12-17-13/h10,12,15H,4-9,11H2,1-3H3. The molecule has 0 bridgehead atoms. The first kappa shape index (κ1) is 14.7. The molecule has 1 aromatic rings. The van der Waals surface area contributed by atoms with Crippen molar-refractivity contribution in [3.63, 3.8) is 0 Å². The first-order chi connectivity index (χ1) is 8.26. The second-order valence-corrected chi connectivity index (χ2v) is 5.85. The average molecular weight is 254 g/mol. The van der Waals surface area contributed by atoms with Crippen LogP contribution in [-0.2, 0) is 6.42 Å². The second-order valence-electron chi connectivity index (χ2n) is 4.88. The summed E-state index contributed by atoms with van der Waals surface area (Å²) in [6.45, 7) is 9.00. The van der Waals surface area contributed by atoms with Gasteiger partial charge in [-0.25, -0.2) is 0 Å². The van der Waals surface area contributed by atoms with Gasteiger partial charge in [0.15, 0.2) is 0 Å². The van der Waals surface area contributed by atoms with Crippen LogP contribution in [0.3, 0.4) is 0 Å². The largest absolute Gasteiger partial charge is 0.316 e. The summed E-state index contributed by atoms with van der Waals surface area (Å²) in [7, 11) is 0. The summed E-state index contributed by atoms with van der Waals surface area (Å²) in [4.78, 5) is 5.63. The number of rotatable bonds is 9. The van der Waals surface area contributed by atoms with Crippen molar-refractivity contribution >= 4 is 11.3 Å². The van der Waals surface area contributed by atoms with Crippen LogP contribution < -0.4 is 5.32 Å². The first-order valence-corrected chi connectivity index (χ1v) is 7.72. The summed E-state index contributed by atoms with van der Waals surface area (Å²) in [6, 6.07) is 0. The summed E-state index contributed by atoms with van der Waals surface area (Å²) in [5.74, 6) is 0. The predicted molar refractivity (Wildman–Crippen MR) is 76.6 cm³/mol. The lowest BCUT2D eigenvalue weighted by Gasteiger charge is -2.33. The zero-order chi connectivity index (χ0) is 12.6. The lowest BCUT2D eigenvalue weighted by atomic mass is 9.77. The molecule has 0 aliphatic rings. The van der Waals surface area contributed by atoms with Crippen molar-refractivity contribution in [2.24, 2.45) is 5.41 Å². The van der Waals surface area contributed by atoms with E-state index in [2.05, 4.69) is 31.1 Å². The monoisotopic (exact) mass is 254 g/mol. The molecule has 0 aliphatic heterocycles. The third kappa shape index (κ3) is 4.76. The van der Waals surface area contributed by atoms with E-state index < -0.39 is 0 Å². The fraction of sp³-hybridized carbons (Fsp3) is 0.786. The molecule has 1 N–H and O–H groups in total. The molecule has 1 heterocycles. The summed E-state index contributed by atoms with van der Waals surface area (Å²) in [5, 5.41) is 3.55. The molecule has 0 saturated heterocycles. The van der Waals surface area contributed by atoms with E-state index in [9.17, 15) is 0 Å². The minimum absolute atomic E-state index is 0.429. The van der Waals surface area contributed by atoms with Gasteiger partial charge in [-0.3, -0.25) is 4.98 Å². The molecule has 0 amide bonds. The van der Waals surface area contributed by atoms with Gasteiger partial charge in [-0.1, -0.05) is 33.6 Å². The van der Waals surface area contributed by atoms with Crippen molar-refractivity contribution in [2.75, 3.05) is 13.1 Å². The van der Waals surface area contributed by atoms with Crippen molar-refractivity contribution < 1.29 is 0 Å². The molecule has 98 valence electrons. The predicted octanol–water partition coefficient (Wildman–Crippen LogP) is 3.88. The Morgan fingerprint density at radius 1 is 1.35 bits per heavy atom. The van der Waals surface area contributed by atoms with Gasteiger partial charge in [-0.15, -0.1) is 11.3 Å². The van der Waals surface area contributed by atoms with Crippen molar-refractivity contribution in [1.82, 2.24) is 10.3 Å². The quantitative estimate of drug-likeness (QED) is 0.723. The van der Waals surface area contributed by atoms with Gasteiger partial charge < -0.3 is 5.32 Å². The van der Waals surface area contributed by atoms with Gasteiger partial charge in [0, 0.05) is 17.6 Å². The Balaban J connectivity index is 2.66. The second kappa shape index (κ2) is 7.83. The zero-order valence-electron chi connectivity index (χ0n) is 11.5. The molecular formula is C14H26N2S. The third-order valence-corrected chi connectivity index (χ3v) is 4.37. The number of nitrogens with zero attached hydrogens (tertiary/aromatic N) is 1. The molecule has 1 atom stereocenters. The Bertz CT molecular complexity index is 274. The zero-order valence-corrected chi connectivity index (χ0v) is 12.3. The van der Waals surface area contributed by atoms with Crippen LogP contribution in [0, 0.1) is 5.41 Å². The minimum atomic E-state index is 0.429.